The molecule has 1 saturated heterocycles. The SMILES string of the molecule is CC(CC(=O)NCc1ccccc1S(=O)(=O)N(C)C)C1CCNCC1.Cl. The molecule has 6 nitrogen and oxygen atoms in total. The van der Waals surface area contributed by atoms with Gasteiger partial charge in [0.2, 0.25) is 15.9 Å². The number of nitrogens with one attached hydrogen (secondary N) is 2. The lowest BCUT2D eigenvalue weighted by Crippen LogP contribution is -2.33. The highest BCUT2D eigenvalue weighted by molar-refractivity contribution is 7.89. The van der Waals surface area contributed by atoms with Gasteiger partial charge in [-0.1, -0.05) is 25.1 Å². The van der Waals surface area contributed by atoms with Crippen LogP contribution in [0, 0.1) is 11.8 Å². The van der Waals surface area contributed by atoms with Gasteiger partial charge in [-0.05, 0) is 49.4 Å². The zero-order chi connectivity index (χ0) is 18.4. The average Bonchev–Trinajstić information content (AvgIpc) is 2.60. The lowest BCUT2D eigenvalue weighted by atomic mass is 9.84. The second kappa shape index (κ2) is 10.3. The summed E-state index contributed by atoms with van der Waals surface area (Å²) in [6, 6.07) is 6.80. The van der Waals surface area contributed by atoms with Gasteiger partial charge in [-0.2, -0.15) is 0 Å². The standard InChI is InChI=1S/C18H29N3O3S.ClH/c1-14(15-8-10-19-11-9-15)12-18(22)20-13-16-6-4-5-7-17(16)25(23,24)21(2)3;/h4-7,14-15,19H,8-13H2,1-3H3,(H,20,22);1H. The summed E-state index contributed by atoms with van der Waals surface area (Å²) in [7, 11) is -0.510. The van der Waals surface area contributed by atoms with Gasteiger partial charge in [-0.15, -0.1) is 12.4 Å². The summed E-state index contributed by atoms with van der Waals surface area (Å²) < 4.78 is 26.0. The van der Waals surface area contributed by atoms with E-state index in [9.17, 15) is 13.2 Å². The molecule has 1 aliphatic heterocycles. The first-order valence-corrected chi connectivity index (χ1v) is 10.2. The normalized spacial score (nSPS) is 16.8. The van der Waals surface area contributed by atoms with E-state index in [-0.39, 0.29) is 29.8 Å². The molecular weight excluding hydrogens is 374 g/mol. The molecule has 0 radical (unpaired) electrons. The second-order valence-electron chi connectivity index (χ2n) is 6.94. The third-order valence-corrected chi connectivity index (χ3v) is 6.82. The van der Waals surface area contributed by atoms with E-state index in [1.165, 1.54) is 18.4 Å². The molecule has 0 spiro atoms. The van der Waals surface area contributed by atoms with Gasteiger partial charge in [0, 0.05) is 27.1 Å². The van der Waals surface area contributed by atoms with Gasteiger partial charge in [0.1, 0.15) is 0 Å². The summed E-state index contributed by atoms with van der Waals surface area (Å²) in [6.45, 7) is 4.39. The molecule has 1 aliphatic rings. The van der Waals surface area contributed by atoms with Gasteiger partial charge in [-0.25, -0.2) is 12.7 Å². The van der Waals surface area contributed by atoms with Gasteiger partial charge in [-0.3, -0.25) is 4.79 Å². The molecule has 1 unspecified atom stereocenters. The topological polar surface area (TPSA) is 78.5 Å². The summed E-state index contributed by atoms with van der Waals surface area (Å²) in [5.41, 5.74) is 0.610. The van der Waals surface area contributed by atoms with Crippen molar-refractivity contribution in [2.75, 3.05) is 27.2 Å². The zero-order valence-electron chi connectivity index (χ0n) is 15.7. The molecule has 1 fully saturated rings. The van der Waals surface area contributed by atoms with Crippen LogP contribution in [0.4, 0.5) is 0 Å². The fourth-order valence-corrected chi connectivity index (χ4v) is 4.35. The maximum atomic E-state index is 12.4. The number of carbonyl (C=O) groups is 1. The van der Waals surface area contributed by atoms with E-state index in [1.807, 2.05) is 0 Å². The molecule has 0 bridgehead atoms. The van der Waals surface area contributed by atoms with Gasteiger partial charge >= 0.3 is 0 Å². The van der Waals surface area contributed by atoms with Crippen molar-refractivity contribution in [1.82, 2.24) is 14.9 Å². The van der Waals surface area contributed by atoms with E-state index in [4.69, 9.17) is 0 Å². The van der Waals surface area contributed by atoms with Crippen molar-refractivity contribution < 1.29 is 13.2 Å². The maximum Gasteiger partial charge on any atom is 0.242 e. The summed E-state index contributed by atoms with van der Waals surface area (Å²) in [6.07, 6.45) is 2.70. The van der Waals surface area contributed by atoms with Crippen LogP contribution >= 0.6 is 12.4 Å². The van der Waals surface area contributed by atoms with Crippen molar-refractivity contribution >= 4 is 28.3 Å². The number of amides is 1. The number of benzene rings is 1. The van der Waals surface area contributed by atoms with Crippen LogP contribution in [0.2, 0.25) is 0 Å². The molecule has 0 aliphatic carbocycles. The lowest BCUT2D eigenvalue weighted by Gasteiger charge is -2.27. The highest BCUT2D eigenvalue weighted by atomic mass is 35.5. The second-order valence-corrected chi connectivity index (χ2v) is 9.06. The fourth-order valence-electron chi connectivity index (χ4n) is 3.24. The number of carbonyl (C=O) groups excluding carboxylic acids is 1. The summed E-state index contributed by atoms with van der Waals surface area (Å²) >= 11 is 0. The maximum absolute atomic E-state index is 12.4. The molecule has 1 aromatic carbocycles. The van der Waals surface area contributed by atoms with E-state index in [2.05, 4.69) is 17.6 Å². The highest BCUT2D eigenvalue weighted by Gasteiger charge is 2.23. The Morgan fingerprint density at radius 2 is 1.88 bits per heavy atom. The third kappa shape index (κ3) is 5.94. The van der Waals surface area contributed by atoms with E-state index in [1.54, 1.807) is 24.3 Å². The van der Waals surface area contributed by atoms with Crippen LogP contribution in [0.5, 0.6) is 0 Å². The number of sulfonamides is 1. The lowest BCUT2D eigenvalue weighted by molar-refractivity contribution is -0.122. The van der Waals surface area contributed by atoms with Crippen molar-refractivity contribution in [2.24, 2.45) is 11.8 Å². The molecule has 1 amide bonds. The Kier molecular flexibility index (Phi) is 9.03. The number of halogens is 1. The van der Waals surface area contributed by atoms with E-state index in [0.717, 1.165) is 25.9 Å². The molecule has 1 heterocycles. The minimum atomic E-state index is -3.52. The zero-order valence-corrected chi connectivity index (χ0v) is 17.3. The minimum absolute atomic E-state index is 0. The molecule has 148 valence electrons. The molecule has 1 aromatic rings. The quantitative estimate of drug-likeness (QED) is 0.729. The average molecular weight is 404 g/mol. The summed E-state index contributed by atoms with van der Waals surface area (Å²) in [5, 5.41) is 6.22. The van der Waals surface area contributed by atoms with Crippen molar-refractivity contribution in [3.8, 4) is 0 Å². The Morgan fingerprint density at radius 1 is 1.27 bits per heavy atom. The van der Waals surface area contributed by atoms with Crippen molar-refractivity contribution in [3.63, 3.8) is 0 Å². The van der Waals surface area contributed by atoms with E-state index in [0.29, 0.717) is 23.8 Å². The molecular formula is C18H30ClN3O3S. The predicted octanol–water partition coefficient (Wildman–Crippen LogP) is 2.00. The van der Waals surface area contributed by atoms with Gasteiger partial charge in [0.25, 0.3) is 0 Å². The fraction of sp³-hybridized carbons (Fsp3) is 0.611. The van der Waals surface area contributed by atoms with Crippen molar-refractivity contribution in [1.29, 1.82) is 0 Å². The number of piperidine rings is 1. The molecule has 8 heteroatoms. The number of rotatable bonds is 7. The van der Waals surface area contributed by atoms with Gasteiger partial charge in [0.15, 0.2) is 0 Å². The molecule has 2 N–H and O–H groups in total. The van der Waals surface area contributed by atoms with Crippen molar-refractivity contribution in [2.45, 2.75) is 37.6 Å². The Balaban J connectivity index is 0.00000338. The summed E-state index contributed by atoms with van der Waals surface area (Å²) in [4.78, 5) is 12.5. The van der Waals surface area contributed by atoms with Crippen molar-refractivity contribution in [3.05, 3.63) is 29.8 Å². The van der Waals surface area contributed by atoms with Crippen LogP contribution in [0.25, 0.3) is 0 Å². The molecule has 0 aromatic heterocycles. The van der Waals surface area contributed by atoms with E-state index >= 15 is 0 Å². The molecule has 0 saturated carbocycles. The van der Waals surface area contributed by atoms with Crippen LogP contribution in [-0.4, -0.2) is 45.8 Å². The third-order valence-electron chi connectivity index (χ3n) is 4.90. The number of hydrogen-bond acceptors (Lipinski definition) is 4. The van der Waals surface area contributed by atoms with Gasteiger partial charge < -0.3 is 10.6 Å². The number of nitrogens with zero attached hydrogens (tertiary/aromatic N) is 1. The Morgan fingerprint density at radius 3 is 2.50 bits per heavy atom. The predicted molar refractivity (Wildman–Crippen MR) is 106 cm³/mol. The Bertz CT molecular complexity index is 689. The van der Waals surface area contributed by atoms with Crippen LogP contribution < -0.4 is 10.6 Å². The highest BCUT2D eigenvalue weighted by Crippen LogP contribution is 2.24. The Hall–Kier alpha value is -1.15. The molecule has 1 atom stereocenters. The van der Waals surface area contributed by atoms with Crippen LogP contribution in [0.3, 0.4) is 0 Å². The van der Waals surface area contributed by atoms with Crippen LogP contribution in [0.1, 0.15) is 31.7 Å². The smallest absolute Gasteiger partial charge is 0.242 e. The van der Waals surface area contributed by atoms with Gasteiger partial charge in [0.05, 0.1) is 4.90 Å². The first-order valence-electron chi connectivity index (χ1n) is 8.80. The van der Waals surface area contributed by atoms with Crippen LogP contribution in [-0.2, 0) is 21.4 Å². The minimum Gasteiger partial charge on any atom is -0.352 e. The summed E-state index contributed by atoms with van der Waals surface area (Å²) in [5.74, 6) is 0.888. The monoisotopic (exact) mass is 403 g/mol. The van der Waals surface area contributed by atoms with Crippen LogP contribution in [0.15, 0.2) is 29.2 Å². The van der Waals surface area contributed by atoms with E-state index < -0.39 is 10.0 Å². The Labute approximate surface area is 163 Å². The molecule has 26 heavy (non-hydrogen) atoms. The first kappa shape index (κ1) is 22.9. The first-order chi connectivity index (χ1) is 11.8. The number of hydrogen-bond donors (Lipinski definition) is 2. The molecule has 2 rings (SSSR count). The largest absolute Gasteiger partial charge is 0.352 e.